The highest BCUT2D eigenvalue weighted by Gasteiger charge is 2.15. The van der Waals surface area contributed by atoms with Crippen LogP contribution in [0.1, 0.15) is 5.56 Å². The molecule has 3 nitrogen and oxygen atoms in total. The SMILES string of the molecule is C=CCSCCNCc1c(Cl)cccc1S(C)(=O)=O. The molecule has 0 spiro atoms. The third-order valence-electron chi connectivity index (χ3n) is 2.44. The Morgan fingerprint density at radius 3 is 2.84 bits per heavy atom. The maximum absolute atomic E-state index is 11.7. The van der Waals surface area contributed by atoms with Gasteiger partial charge in [-0.3, -0.25) is 0 Å². The lowest BCUT2D eigenvalue weighted by Gasteiger charge is -2.11. The van der Waals surface area contributed by atoms with Crippen LogP contribution >= 0.6 is 23.4 Å². The van der Waals surface area contributed by atoms with Crippen molar-refractivity contribution < 1.29 is 8.42 Å². The molecule has 0 amide bonds. The van der Waals surface area contributed by atoms with Crippen LogP contribution in [-0.2, 0) is 16.4 Å². The highest BCUT2D eigenvalue weighted by Crippen LogP contribution is 2.23. The molecule has 0 atom stereocenters. The number of sulfone groups is 1. The number of hydrogen-bond acceptors (Lipinski definition) is 4. The predicted octanol–water partition coefficient (Wildman–Crippen LogP) is 2.75. The van der Waals surface area contributed by atoms with Gasteiger partial charge in [0.15, 0.2) is 9.84 Å². The molecule has 1 aromatic rings. The molecule has 0 saturated heterocycles. The van der Waals surface area contributed by atoms with Crippen LogP contribution in [0.5, 0.6) is 0 Å². The molecule has 0 unspecified atom stereocenters. The molecule has 0 heterocycles. The fraction of sp³-hybridized carbons (Fsp3) is 0.385. The summed E-state index contributed by atoms with van der Waals surface area (Å²) in [4.78, 5) is 0.297. The molecule has 19 heavy (non-hydrogen) atoms. The summed E-state index contributed by atoms with van der Waals surface area (Å²) in [6.07, 6.45) is 3.06. The maximum atomic E-state index is 11.7. The van der Waals surface area contributed by atoms with E-state index in [2.05, 4.69) is 11.9 Å². The topological polar surface area (TPSA) is 46.2 Å². The van der Waals surface area contributed by atoms with Crippen LogP contribution in [0, 0.1) is 0 Å². The minimum absolute atomic E-state index is 0.297. The first-order valence-corrected chi connectivity index (χ1v) is 9.26. The summed E-state index contributed by atoms with van der Waals surface area (Å²) < 4.78 is 23.4. The maximum Gasteiger partial charge on any atom is 0.175 e. The fourth-order valence-corrected chi connectivity index (χ4v) is 3.46. The van der Waals surface area contributed by atoms with Gasteiger partial charge >= 0.3 is 0 Å². The van der Waals surface area contributed by atoms with Crippen molar-refractivity contribution in [3.05, 3.63) is 41.4 Å². The van der Waals surface area contributed by atoms with Crippen LogP contribution in [0.2, 0.25) is 5.02 Å². The Balaban J connectivity index is 2.65. The second-order valence-electron chi connectivity index (χ2n) is 4.03. The van der Waals surface area contributed by atoms with Crippen molar-refractivity contribution in [2.75, 3.05) is 24.3 Å². The minimum Gasteiger partial charge on any atom is -0.312 e. The summed E-state index contributed by atoms with van der Waals surface area (Å²) in [7, 11) is -3.25. The molecule has 0 saturated carbocycles. The quantitative estimate of drug-likeness (QED) is 0.591. The summed E-state index contributed by atoms with van der Waals surface area (Å²) in [5.41, 5.74) is 0.639. The van der Waals surface area contributed by atoms with Crippen molar-refractivity contribution in [2.45, 2.75) is 11.4 Å². The Morgan fingerprint density at radius 2 is 2.21 bits per heavy atom. The van der Waals surface area contributed by atoms with Gasteiger partial charge in [-0.25, -0.2) is 8.42 Å². The molecule has 0 aliphatic rings. The highest BCUT2D eigenvalue weighted by atomic mass is 35.5. The number of hydrogen-bond donors (Lipinski definition) is 1. The lowest BCUT2D eigenvalue weighted by Crippen LogP contribution is -2.18. The van der Waals surface area contributed by atoms with Crippen molar-refractivity contribution in [1.29, 1.82) is 0 Å². The van der Waals surface area contributed by atoms with Crippen molar-refractivity contribution in [3.8, 4) is 0 Å². The Morgan fingerprint density at radius 1 is 1.47 bits per heavy atom. The van der Waals surface area contributed by atoms with Gasteiger partial charge in [0.05, 0.1) is 4.90 Å². The smallest absolute Gasteiger partial charge is 0.175 e. The van der Waals surface area contributed by atoms with Crippen molar-refractivity contribution in [1.82, 2.24) is 5.32 Å². The number of halogens is 1. The normalized spacial score (nSPS) is 11.5. The van der Waals surface area contributed by atoms with E-state index in [0.717, 1.165) is 18.1 Å². The van der Waals surface area contributed by atoms with Crippen LogP contribution in [0.3, 0.4) is 0 Å². The Labute approximate surface area is 124 Å². The largest absolute Gasteiger partial charge is 0.312 e. The van der Waals surface area contributed by atoms with E-state index in [1.54, 1.807) is 30.0 Å². The minimum atomic E-state index is -3.25. The number of benzene rings is 1. The zero-order valence-electron chi connectivity index (χ0n) is 10.9. The second-order valence-corrected chi connectivity index (χ2v) is 7.57. The summed E-state index contributed by atoms with van der Waals surface area (Å²) in [6, 6.07) is 4.95. The molecular formula is C13H18ClNO2S2. The van der Waals surface area contributed by atoms with Crippen LogP contribution in [0.15, 0.2) is 35.7 Å². The van der Waals surface area contributed by atoms with E-state index < -0.39 is 9.84 Å². The lowest BCUT2D eigenvalue weighted by molar-refractivity contribution is 0.599. The first kappa shape index (κ1) is 16.6. The molecule has 0 bridgehead atoms. The summed E-state index contributed by atoms with van der Waals surface area (Å²) in [5, 5.41) is 3.69. The van der Waals surface area contributed by atoms with Gasteiger partial charge in [0.2, 0.25) is 0 Å². The van der Waals surface area contributed by atoms with E-state index in [1.165, 1.54) is 6.26 Å². The van der Waals surface area contributed by atoms with Gasteiger partial charge in [-0.2, -0.15) is 11.8 Å². The van der Waals surface area contributed by atoms with E-state index >= 15 is 0 Å². The van der Waals surface area contributed by atoms with Crippen LogP contribution in [-0.4, -0.2) is 32.7 Å². The zero-order chi connectivity index (χ0) is 14.3. The molecular weight excluding hydrogens is 302 g/mol. The van der Waals surface area contributed by atoms with Crippen molar-refractivity contribution in [2.24, 2.45) is 0 Å². The van der Waals surface area contributed by atoms with E-state index in [1.807, 2.05) is 6.08 Å². The van der Waals surface area contributed by atoms with Gasteiger partial charge < -0.3 is 5.32 Å². The van der Waals surface area contributed by atoms with Crippen molar-refractivity contribution in [3.63, 3.8) is 0 Å². The Hall–Kier alpha value is -0.490. The summed E-state index contributed by atoms with van der Waals surface area (Å²) >= 11 is 7.85. The summed E-state index contributed by atoms with van der Waals surface area (Å²) in [6.45, 7) is 4.90. The molecule has 6 heteroatoms. The lowest BCUT2D eigenvalue weighted by atomic mass is 10.2. The number of nitrogens with one attached hydrogen (secondary N) is 1. The van der Waals surface area contributed by atoms with Crippen LogP contribution in [0.25, 0.3) is 0 Å². The van der Waals surface area contributed by atoms with Gasteiger partial charge in [-0.05, 0) is 12.1 Å². The molecule has 1 N–H and O–H groups in total. The van der Waals surface area contributed by atoms with E-state index in [0.29, 0.717) is 22.0 Å². The average molecular weight is 320 g/mol. The van der Waals surface area contributed by atoms with Crippen LogP contribution in [0.4, 0.5) is 0 Å². The standard InChI is InChI=1S/C13H18ClNO2S2/c1-3-8-18-9-7-15-10-11-12(14)5-4-6-13(11)19(2,16)17/h3-6,15H,1,7-10H2,2H3. The van der Waals surface area contributed by atoms with Gasteiger partial charge in [-0.15, -0.1) is 6.58 Å². The first-order chi connectivity index (χ1) is 8.96. The molecule has 0 aliphatic heterocycles. The molecule has 1 rings (SSSR count). The second kappa shape index (κ2) is 7.94. The van der Waals surface area contributed by atoms with Gasteiger partial charge in [-0.1, -0.05) is 23.7 Å². The van der Waals surface area contributed by atoms with Gasteiger partial charge in [0, 0.05) is 41.4 Å². The molecule has 0 fully saturated rings. The third-order valence-corrected chi connectivity index (χ3v) is 4.94. The van der Waals surface area contributed by atoms with Crippen molar-refractivity contribution >= 4 is 33.2 Å². The Kier molecular flexibility index (Phi) is 6.93. The highest BCUT2D eigenvalue weighted by molar-refractivity contribution is 7.99. The van der Waals surface area contributed by atoms with E-state index in [9.17, 15) is 8.42 Å². The third kappa shape index (κ3) is 5.57. The van der Waals surface area contributed by atoms with Gasteiger partial charge in [0.1, 0.15) is 0 Å². The van der Waals surface area contributed by atoms with Crippen LogP contribution < -0.4 is 5.32 Å². The summed E-state index contributed by atoms with van der Waals surface area (Å²) in [5.74, 6) is 1.87. The Bertz CT molecular complexity index is 529. The predicted molar refractivity (Wildman–Crippen MR) is 83.8 cm³/mol. The van der Waals surface area contributed by atoms with E-state index in [4.69, 9.17) is 11.6 Å². The van der Waals surface area contributed by atoms with Gasteiger partial charge in [0.25, 0.3) is 0 Å². The average Bonchev–Trinajstić information content (AvgIpc) is 2.33. The zero-order valence-corrected chi connectivity index (χ0v) is 13.2. The fourth-order valence-electron chi connectivity index (χ4n) is 1.58. The van der Waals surface area contributed by atoms with E-state index in [-0.39, 0.29) is 0 Å². The number of rotatable bonds is 8. The molecule has 0 aliphatic carbocycles. The molecule has 0 aromatic heterocycles. The first-order valence-electron chi connectivity index (χ1n) is 5.83. The monoisotopic (exact) mass is 319 g/mol. The molecule has 106 valence electrons. The molecule has 1 aromatic carbocycles. The number of thioether (sulfide) groups is 1. The molecule has 0 radical (unpaired) electrons.